The van der Waals surface area contributed by atoms with Crippen LogP contribution in [-0.2, 0) is 4.79 Å². The summed E-state index contributed by atoms with van der Waals surface area (Å²) in [5, 5.41) is 23.2. The van der Waals surface area contributed by atoms with Gasteiger partial charge in [-0.25, -0.2) is 4.79 Å². The average molecular weight is 240 g/mol. The quantitative estimate of drug-likeness (QED) is 0.652. The van der Waals surface area contributed by atoms with Crippen molar-refractivity contribution in [2.24, 2.45) is 0 Å². The molecule has 7 heteroatoms. The zero-order valence-electron chi connectivity index (χ0n) is 8.92. The number of hydrogen-bond donors (Lipinski definition) is 3. The molecule has 1 aliphatic carbocycles. The van der Waals surface area contributed by atoms with E-state index in [4.69, 9.17) is 14.7 Å². The second-order valence-electron chi connectivity index (χ2n) is 3.95. The van der Waals surface area contributed by atoms with E-state index >= 15 is 0 Å². The number of carboxylic acids is 1. The van der Waals surface area contributed by atoms with Crippen LogP contribution in [0.15, 0.2) is 10.6 Å². The largest absolute Gasteiger partial charge is 0.479 e. The fourth-order valence-electron chi connectivity index (χ4n) is 1.32. The molecule has 1 aliphatic rings. The van der Waals surface area contributed by atoms with Crippen molar-refractivity contribution >= 4 is 11.9 Å². The Balaban J connectivity index is 1.88. The van der Waals surface area contributed by atoms with Gasteiger partial charge in [0.15, 0.2) is 11.8 Å². The fraction of sp³-hybridized carbons (Fsp3) is 0.500. The van der Waals surface area contributed by atoms with Gasteiger partial charge in [0.1, 0.15) is 5.76 Å². The van der Waals surface area contributed by atoms with Crippen LogP contribution in [0.25, 0.3) is 0 Å². The Morgan fingerprint density at radius 2 is 2.29 bits per heavy atom. The standard InChI is InChI=1S/C10H12N2O5/c13-7(10(15)16)4-11-9(14)6-3-8(17-12-6)5-1-2-5/h3,5,7,13H,1-2,4H2,(H,11,14)(H,15,16)/t7-/m0/s1. The Labute approximate surface area is 96.4 Å². The molecule has 1 aromatic heterocycles. The van der Waals surface area contributed by atoms with Gasteiger partial charge in [0, 0.05) is 12.0 Å². The molecule has 0 spiro atoms. The van der Waals surface area contributed by atoms with Crippen molar-refractivity contribution in [1.82, 2.24) is 10.5 Å². The summed E-state index contributed by atoms with van der Waals surface area (Å²) in [7, 11) is 0. The molecule has 1 fully saturated rings. The Bertz CT molecular complexity index is 438. The van der Waals surface area contributed by atoms with Gasteiger partial charge in [0.25, 0.3) is 5.91 Å². The summed E-state index contributed by atoms with van der Waals surface area (Å²) >= 11 is 0. The third-order valence-corrected chi connectivity index (χ3v) is 2.48. The van der Waals surface area contributed by atoms with E-state index in [1.807, 2.05) is 0 Å². The molecule has 0 aliphatic heterocycles. The lowest BCUT2D eigenvalue weighted by Crippen LogP contribution is -2.36. The number of carboxylic acid groups (broad SMARTS) is 1. The predicted octanol–water partition coefficient (Wildman–Crippen LogP) is -0.273. The van der Waals surface area contributed by atoms with Gasteiger partial charge in [-0.05, 0) is 12.8 Å². The van der Waals surface area contributed by atoms with Crippen LogP contribution in [0, 0.1) is 0 Å². The number of nitrogens with one attached hydrogen (secondary N) is 1. The summed E-state index contributed by atoms with van der Waals surface area (Å²) in [6.07, 6.45) is 0.454. The second kappa shape index (κ2) is 4.54. The third kappa shape index (κ3) is 2.82. The van der Waals surface area contributed by atoms with Crippen LogP contribution in [0.5, 0.6) is 0 Å². The van der Waals surface area contributed by atoms with Gasteiger partial charge in [0.2, 0.25) is 0 Å². The van der Waals surface area contributed by atoms with E-state index in [0.717, 1.165) is 12.8 Å². The number of aliphatic carboxylic acids is 1. The average Bonchev–Trinajstić information content (AvgIpc) is 3.03. The molecule has 17 heavy (non-hydrogen) atoms. The number of carbonyl (C=O) groups excluding carboxylic acids is 1. The molecule has 92 valence electrons. The van der Waals surface area contributed by atoms with E-state index < -0.39 is 18.0 Å². The second-order valence-corrected chi connectivity index (χ2v) is 3.95. The first kappa shape index (κ1) is 11.6. The first-order valence-electron chi connectivity index (χ1n) is 5.23. The van der Waals surface area contributed by atoms with Crippen LogP contribution < -0.4 is 5.32 Å². The molecule has 3 N–H and O–H groups in total. The third-order valence-electron chi connectivity index (χ3n) is 2.48. The number of hydrogen-bond acceptors (Lipinski definition) is 5. The zero-order valence-corrected chi connectivity index (χ0v) is 8.92. The summed E-state index contributed by atoms with van der Waals surface area (Å²) in [5.41, 5.74) is 0.101. The Morgan fingerprint density at radius 1 is 1.59 bits per heavy atom. The number of rotatable bonds is 5. The molecular formula is C10H12N2O5. The smallest absolute Gasteiger partial charge is 0.334 e. The zero-order chi connectivity index (χ0) is 12.4. The van der Waals surface area contributed by atoms with Gasteiger partial charge < -0.3 is 20.1 Å². The van der Waals surface area contributed by atoms with E-state index in [2.05, 4.69) is 10.5 Å². The molecule has 1 saturated carbocycles. The Kier molecular flexibility index (Phi) is 3.10. The van der Waals surface area contributed by atoms with Gasteiger partial charge in [-0.2, -0.15) is 0 Å². The molecule has 0 radical (unpaired) electrons. The number of aromatic nitrogens is 1. The highest BCUT2D eigenvalue weighted by Crippen LogP contribution is 2.40. The van der Waals surface area contributed by atoms with Crippen molar-refractivity contribution in [3.8, 4) is 0 Å². The molecule has 0 aromatic carbocycles. The predicted molar refractivity (Wildman–Crippen MR) is 54.5 cm³/mol. The SMILES string of the molecule is O=C(NC[C@H](O)C(=O)O)c1cc(C2CC2)on1. The van der Waals surface area contributed by atoms with Crippen molar-refractivity contribution in [3.05, 3.63) is 17.5 Å². The van der Waals surface area contributed by atoms with E-state index in [-0.39, 0.29) is 12.2 Å². The lowest BCUT2D eigenvalue weighted by Gasteiger charge is -2.05. The van der Waals surface area contributed by atoms with Crippen molar-refractivity contribution in [1.29, 1.82) is 0 Å². The van der Waals surface area contributed by atoms with Crippen molar-refractivity contribution in [2.45, 2.75) is 24.9 Å². The normalized spacial score (nSPS) is 16.5. The minimum Gasteiger partial charge on any atom is -0.479 e. The van der Waals surface area contributed by atoms with Crippen molar-refractivity contribution in [2.75, 3.05) is 6.54 Å². The van der Waals surface area contributed by atoms with Crippen molar-refractivity contribution < 1.29 is 24.3 Å². The topological polar surface area (TPSA) is 113 Å². The first-order chi connectivity index (χ1) is 8.08. The number of nitrogens with zero attached hydrogens (tertiary/aromatic N) is 1. The van der Waals surface area contributed by atoms with Crippen LogP contribution in [0.3, 0.4) is 0 Å². The number of amides is 1. The van der Waals surface area contributed by atoms with E-state index in [1.165, 1.54) is 0 Å². The first-order valence-corrected chi connectivity index (χ1v) is 5.23. The molecule has 0 unspecified atom stereocenters. The molecule has 7 nitrogen and oxygen atoms in total. The highest BCUT2D eigenvalue weighted by atomic mass is 16.5. The summed E-state index contributed by atoms with van der Waals surface area (Å²) in [5.74, 6) is -0.910. The van der Waals surface area contributed by atoms with Gasteiger partial charge in [0.05, 0.1) is 6.54 Å². The van der Waals surface area contributed by atoms with Gasteiger partial charge in [-0.3, -0.25) is 4.79 Å². The van der Waals surface area contributed by atoms with Crippen LogP contribution in [0.2, 0.25) is 0 Å². The van der Waals surface area contributed by atoms with Crippen LogP contribution in [-0.4, -0.2) is 39.9 Å². The summed E-state index contributed by atoms with van der Waals surface area (Å²) < 4.78 is 4.97. The molecule has 0 bridgehead atoms. The van der Waals surface area contributed by atoms with E-state index in [1.54, 1.807) is 6.07 Å². The highest BCUT2D eigenvalue weighted by molar-refractivity contribution is 5.92. The number of aliphatic hydroxyl groups is 1. The molecule has 1 atom stereocenters. The lowest BCUT2D eigenvalue weighted by atomic mass is 10.2. The molecule has 1 aromatic rings. The molecule has 1 amide bonds. The van der Waals surface area contributed by atoms with Crippen molar-refractivity contribution in [3.63, 3.8) is 0 Å². The minimum absolute atomic E-state index is 0.101. The van der Waals surface area contributed by atoms with Gasteiger partial charge in [-0.1, -0.05) is 5.16 Å². The van der Waals surface area contributed by atoms with E-state index in [9.17, 15) is 9.59 Å². The van der Waals surface area contributed by atoms with Gasteiger partial charge in [-0.15, -0.1) is 0 Å². The maximum absolute atomic E-state index is 11.5. The number of carbonyl (C=O) groups is 2. The van der Waals surface area contributed by atoms with Crippen LogP contribution in [0.4, 0.5) is 0 Å². The Hall–Kier alpha value is -1.89. The summed E-state index contributed by atoms with van der Waals surface area (Å²) in [6, 6.07) is 1.54. The molecule has 0 saturated heterocycles. The van der Waals surface area contributed by atoms with Gasteiger partial charge >= 0.3 is 5.97 Å². The lowest BCUT2D eigenvalue weighted by molar-refractivity contribution is -0.146. The monoisotopic (exact) mass is 240 g/mol. The number of aliphatic hydroxyl groups excluding tert-OH is 1. The maximum atomic E-state index is 11.5. The molecular weight excluding hydrogens is 228 g/mol. The molecule has 1 heterocycles. The summed E-state index contributed by atoms with van der Waals surface area (Å²) in [4.78, 5) is 21.8. The highest BCUT2D eigenvalue weighted by Gasteiger charge is 2.29. The Morgan fingerprint density at radius 3 is 2.88 bits per heavy atom. The van der Waals surface area contributed by atoms with Crippen LogP contribution >= 0.6 is 0 Å². The minimum atomic E-state index is -1.62. The summed E-state index contributed by atoms with van der Waals surface area (Å²) in [6.45, 7) is -0.361. The van der Waals surface area contributed by atoms with Crippen LogP contribution in [0.1, 0.15) is 35.0 Å². The molecule has 2 rings (SSSR count). The van der Waals surface area contributed by atoms with E-state index in [0.29, 0.717) is 11.7 Å². The fourth-order valence-corrected chi connectivity index (χ4v) is 1.32. The maximum Gasteiger partial charge on any atom is 0.334 e.